The van der Waals surface area contributed by atoms with Crippen LogP contribution in [0.15, 0.2) is 11.3 Å². The van der Waals surface area contributed by atoms with Gasteiger partial charge in [0.05, 0.1) is 6.42 Å². The first-order valence-corrected chi connectivity index (χ1v) is 3.12. The van der Waals surface area contributed by atoms with Crippen LogP contribution in [0.4, 0.5) is 0 Å². The van der Waals surface area contributed by atoms with E-state index in [0.717, 1.165) is 0 Å². The zero-order valence-electron chi connectivity index (χ0n) is 6.02. The van der Waals surface area contributed by atoms with Crippen molar-refractivity contribution in [3.05, 3.63) is 11.3 Å². The molecule has 1 heterocycles. The molecule has 0 radical (unpaired) electrons. The molecule has 0 atom stereocenters. The van der Waals surface area contributed by atoms with Gasteiger partial charge in [0.1, 0.15) is 0 Å². The molecule has 3 nitrogen and oxygen atoms in total. The van der Waals surface area contributed by atoms with Gasteiger partial charge in [-0.2, -0.15) is 0 Å². The summed E-state index contributed by atoms with van der Waals surface area (Å²) in [6.07, 6.45) is 0.00315. The normalized spacial score (nSPS) is 19.4. The molecule has 1 amide bonds. The molecule has 1 N–H and O–H groups in total. The van der Waals surface area contributed by atoms with Crippen molar-refractivity contribution < 1.29 is 9.59 Å². The second-order valence-electron chi connectivity index (χ2n) is 2.40. The molecule has 0 spiro atoms. The summed E-state index contributed by atoms with van der Waals surface area (Å²) in [6.45, 7) is 3.45. The zero-order valence-corrected chi connectivity index (χ0v) is 6.02. The zero-order chi connectivity index (χ0) is 7.72. The summed E-state index contributed by atoms with van der Waals surface area (Å²) in [4.78, 5) is 21.6. The van der Waals surface area contributed by atoms with Crippen LogP contribution in [-0.4, -0.2) is 11.7 Å². The predicted molar refractivity (Wildman–Crippen MR) is 36.1 cm³/mol. The third-order valence-electron chi connectivity index (χ3n) is 1.63. The van der Waals surface area contributed by atoms with Crippen molar-refractivity contribution >= 4 is 11.7 Å². The minimum absolute atomic E-state index is 0.00315. The molecule has 1 aliphatic rings. The number of carbonyl (C=O) groups is 2. The Labute approximate surface area is 59.1 Å². The average Bonchev–Trinajstić information content (AvgIpc) is 1.82. The molecule has 54 valence electrons. The lowest BCUT2D eigenvalue weighted by Gasteiger charge is -2.13. The van der Waals surface area contributed by atoms with Gasteiger partial charge in [-0.3, -0.25) is 9.59 Å². The summed E-state index contributed by atoms with van der Waals surface area (Å²) in [6, 6.07) is 0. The summed E-state index contributed by atoms with van der Waals surface area (Å²) in [5, 5.41) is 2.58. The Morgan fingerprint density at radius 1 is 1.30 bits per heavy atom. The molecule has 0 aromatic rings. The number of hydrogen-bond acceptors (Lipinski definition) is 2. The fourth-order valence-corrected chi connectivity index (χ4v) is 0.835. The summed E-state index contributed by atoms with van der Waals surface area (Å²) in [5.74, 6) is -0.269. The van der Waals surface area contributed by atoms with E-state index in [9.17, 15) is 9.59 Å². The number of Topliss-reactive ketones (excluding diaryl/α,β-unsaturated/α-hetero) is 1. The number of ketones is 1. The maximum atomic E-state index is 10.9. The Hall–Kier alpha value is -1.12. The molecule has 0 aromatic carbocycles. The van der Waals surface area contributed by atoms with Crippen molar-refractivity contribution in [2.24, 2.45) is 0 Å². The summed E-state index contributed by atoms with van der Waals surface area (Å²) in [7, 11) is 0. The van der Waals surface area contributed by atoms with E-state index in [1.165, 1.54) is 0 Å². The highest BCUT2D eigenvalue weighted by Gasteiger charge is 2.18. The Morgan fingerprint density at radius 2 is 1.90 bits per heavy atom. The Morgan fingerprint density at radius 3 is 2.40 bits per heavy atom. The monoisotopic (exact) mass is 139 g/mol. The fourth-order valence-electron chi connectivity index (χ4n) is 0.835. The maximum Gasteiger partial charge on any atom is 0.231 e. The molecular formula is C7H9NO2. The minimum atomic E-state index is -0.201. The van der Waals surface area contributed by atoms with Crippen LogP contribution in [0.5, 0.6) is 0 Å². The van der Waals surface area contributed by atoms with Crippen molar-refractivity contribution in [3.8, 4) is 0 Å². The molecule has 3 heteroatoms. The lowest BCUT2D eigenvalue weighted by molar-refractivity contribution is -0.127. The summed E-state index contributed by atoms with van der Waals surface area (Å²) in [5.41, 5.74) is 1.35. The average molecular weight is 139 g/mol. The lowest BCUT2D eigenvalue weighted by atomic mass is 10.0. The first-order valence-electron chi connectivity index (χ1n) is 3.12. The third kappa shape index (κ3) is 1.07. The maximum absolute atomic E-state index is 10.9. The highest BCUT2D eigenvalue weighted by atomic mass is 16.2. The lowest BCUT2D eigenvalue weighted by Crippen LogP contribution is -2.31. The number of allylic oxidation sites excluding steroid dienone is 2. The van der Waals surface area contributed by atoms with Crippen LogP contribution in [0.25, 0.3) is 0 Å². The number of carbonyl (C=O) groups excluding carboxylic acids is 2. The van der Waals surface area contributed by atoms with Gasteiger partial charge in [0.25, 0.3) is 0 Å². The van der Waals surface area contributed by atoms with Gasteiger partial charge in [-0.1, -0.05) is 0 Å². The van der Waals surface area contributed by atoms with Crippen LogP contribution in [0.1, 0.15) is 20.3 Å². The van der Waals surface area contributed by atoms with Gasteiger partial charge in [0.2, 0.25) is 5.91 Å². The van der Waals surface area contributed by atoms with Crippen LogP contribution in [0.3, 0.4) is 0 Å². The van der Waals surface area contributed by atoms with Gasteiger partial charge in [0.15, 0.2) is 5.78 Å². The van der Waals surface area contributed by atoms with Gasteiger partial charge < -0.3 is 5.32 Å². The minimum Gasteiger partial charge on any atom is -0.329 e. The van der Waals surface area contributed by atoms with Crippen molar-refractivity contribution in [3.63, 3.8) is 0 Å². The van der Waals surface area contributed by atoms with Gasteiger partial charge in [0, 0.05) is 11.3 Å². The van der Waals surface area contributed by atoms with Gasteiger partial charge >= 0.3 is 0 Å². The number of hydrogen-bond donors (Lipinski definition) is 1. The molecular weight excluding hydrogens is 130 g/mol. The van der Waals surface area contributed by atoms with E-state index in [1.54, 1.807) is 13.8 Å². The predicted octanol–water partition coefficient (Wildman–Crippen LogP) is 0.369. The molecule has 1 rings (SSSR count). The van der Waals surface area contributed by atoms with Crippen molar-refractivity contribution in [1.29, 1.82) is 0 Å². The largest absolute Gasteiger partial charge is 0.329 e. The highest BCUT2D eigenvalue weighted by molar-refractivity contribution is 6.10. The molecule has 0 saturated carbocycles. The van der Waals surface area contributed by atoms with E-state index in [1.807, 2.05) is 0 Å². The van der Waals surface area contributed by atoms with E-state index in [4.69, 9.17) is 0 Å². The van der Waals surface area contributed by atoms with Crippen molar-refractivity contribution in [2.75, 3.05) is 0 Å². The van der Waals surface area contributed by atoms with Gasteiger partial charge in [-0.05, 0) is 13.8 Å². The quantitative estimate of drug-likeness (QED) is 0.493. The SMILES string of the molecule is CC1=C(C)C(=O)CC(=O)N1. The molecule has 0 saturated heterocycles. The Balaban J connectivity index is 2.95. The number of rotatable bonds is 0. The summed E-state index contributed by atoms with van der Waals surface area (Å²) >= 11 is 0. The molecule has 10 heavy (non-hydrogen) atoms. The molecule has 0 aromatic heterocycles. The van der Waals surface area contributed by atoms with E-state index >= 15 is 0 Å². The van der Waals surface area contributed by atoms with Crippen LogP contribution < -0.4 is 5.32 Å². The molecule has 1 aliphatic heterocycles. The van der Waals surface area contributed by atoms with E-state index in [-0.39, 0.29) is 18.1 Å². The van der Waals surface area contributed by atoms with Crippen LogP contribution in [0.2, 0.25) is 0 Å². The number of amides is 1. The first kappa shape index (κ1) is 6.99. The Kier molecular flexibility index (Phi) is 1.57. The van der Waals surface area contributed by atoms with Crippen molar-refractivity contribution in [2.45, 2.75) is 20.3 Å². The highest BCUT2D eigenvalue weighted by Crippen LogP contribution is 2.09. The molecule has 0 aliphatic carbocycles. The van der Waals surface area contributed by atoms with Gasteiger partial charge in [-0.15, -0.1) is 0 Å². The second-order valence-corrected chi connectivity index (χ2v) is 2.40. The topological polar surface area (TPSA) is 46.2 Å². The summed E-state index contributed by atoms with van der Waals surface area (Å²) < 4.78 is 0. The van der Waals surface area contributed by atoms with Crippen molar-refractivity contribution in [1.82, 2.24) is 5.32 Å². The molecule has 0 unspecified atom stereocenters. The van der Waals surface area contributed by atoms with E-state index in [0.29, 0.717) is 11.3 Å². The standard InChI is InChI=1S/C7H9NO2/c1-4-5(2)8-7(10)3-6(4)9/h3H2,1-2H3,(H,8,10). The van der Waals surface area contributed by atoms with Gasteiger partial charge in [-0.25, -0.2) is 0 Å². The van der Waals surface area contributed by atoms with Crippen LogP contribution >= 0.6 is 0 Å². The van der Waals surface area contributed by atoms with E-state index in [2.05, 4.69) is 5.32 Å². The van der Waals surface area contributed by atoms with Crippen LogP contribution in [0, 0.1) is 0 Å². The fraction of sp³-hybridized carbons (Fsp3) is 0.429. The van der Waals surface area contributed by atoms with Crippen LogP contribution in [-0.2, 0) is 9.59 Å². The number of nitrogens with one attached hydrogen (secondary N) is 1. The Bertz CT molecular complexity index is 228. The second kappa shape index (κ2) is 2.25. The third-order valence-corrected chi connectivity index (χ3v) is 1.63. The molecule has 0 fully saturated rings. The first-order chi connectivity index (χ1) is 4.61. The smallest absolute Gasteiger partial charge is 0.231 e. The van der Waals surface area contributed by atoms with E-state index < -0.39 is 0 Å². The molecule has 0 bridgehead atoms.